The first kappa shape index (κ1) is 12.7. The molecule has 0 unspecified atom stereocenters. The number of aromatic amines is 1. The van der Waals surface area contributed by atoms with Gasteiger partial charge < -0.3 is 9.88 Å². The highest BCUT2D eigenvalue weighted by Gasteiger charge is 2.28. The Kier molecular flexibility index (Phi) is 3.55. The smallest absolute Gasteiger partial charge is 0.236 e. The van der Waals surface area contributed by atoms with Crippen LogP contribution in [-0.4, -0.2) is 58.4 Å². The van der Waals surface area contributed by atoms with Crippen LogP contribution in [0.25, 0.3) is 0 Å². The Morgan fingerprint density at radius 1 is 1.42 bits per heavy atom. The number of likely N-dealkylation sites (tertiary alicyclic amines) is 2. The third-order valence-electron chi connectivity index (χ3n) is 4.20. The van der Waals surface area contributed by atoms with E-state index in [1.54, 1.807) is 0 Å². The number of carbonyl (C=O) groups is 1. The zero-order valence-corrected chi connectivity index (χ0v) is 11.6. The Hall–Kier alpha value is -1.36. The maximum Gasteiger partial charge on any atom is 0.236 e. The van der Waals surface area contributed by atoms with E-state index in [0.717, 1.165) is 44.1 Å². The third kappa shape index (κ3) is 2.81. The Balaban J connectivity index is 1.52. The van der Waals surface area contributed by atoms with Crippen LogP contribution in [0, 0.1) is 6.92 Å². The molecule has 0 saturated carbocycles. The number of hydrogen-bond donors (Lipinski definition) is 1. The molecule has 1 N–H and O–H groups in total. The summed E-state index contributed by atoms with van der Waals surface area (Å²) in [4.78, 5) is 24.1. The zero-order valence-electron chi connectivity index (χ0n) is 11.6. The maximum atomic E-state index is 12.1. The highest BCUT2D eigenvalue weighted by Crippen LogP contribution is 2.25. The summed E-state index contributed by atoms with van der Waals surface area (Å²) in [6.45, 7) is 6.47. The Bertz CT molecular complexity index is 450. The number of nitrogens with zero attached hydrogens (tertiary/aromatic N) is 3. The van der Waals surface area contributed by atoms with E-state index in [2.05, 4.69) is 14.9 Å². The Morgan fingerprint density at radius 2 is 2.21 bits per heavy atom. The summed E-state index contributed by atoms with van der Waals surface area (Å²) in [5.41, 5.74) is 1.11. The largest absolute Gasteiger partial charge is 0.346 e. The summed E-state index contributed by atoms with van der Waals surface area (Å²) in [6, 6.07) is 0. The minimum absolute atomic E-state index is 0.300. The van der Waals surface area contributed by atoms with Crippen LogP contribution in [0.2, 0.25) is 0 Å². The molecule has 2 aliphatic heterocycles. The SMILES string of the molecule is Cc1cnc([C@H]2CCN(CC(=O)N3CCCC3)C2)[nH]1. The Labute approximate surface area is 114 Å². The molecule has 5 heteroatoms. The highest BCUT2D eigenvalue weighted by molar-refractivity contribution is 5.78. The number of amides is 1. The molecule has 2 aliphatic rings. The van der Waals surface area contributed by atoms with Crippen LogP contribution in [0.4, 0.5) is 0 Å². The monoisotopic (exact) mass is 262 g/mol. The molecule has 0 radical (unpaired) electrons. The summed E-state index contributed by atoms with van der Waals surface area (Å²) < 4.78 is 0. The second-order valence-electron chi connectivity index (χ2n) is 5.76. The van der Waals surface area contributed by atoms with Gasteiger partial charge in [-0.15, -0.1) is 0 Å². The van der Waals surface area contributed by atoms with Gasteiger partial charge in [0.25, 0.3) is 0 Å². The van der Waals surface area contributed by atoms with Crippen molar-refractivity contribution in [2.45, 2.75) is 32.1 Å². The molecule has 1 aromatic heterocycles. The second-order valence-corrected chi connectivity index (χ2v) is 5.76. The lowest BCUT2D eigenvalue weighted by molar-refractivity contribution is -0.131. The van der Waals surface area contributed by atoms with Gasteiger partial charge >= 0.3 is 0 Å². The number of H-pyrrole nitrogens is 1. The van der Waals surface area contributed by atoms with E-state index in [1.165, 1.54) is 12.8 Å². The van der Waals surface area contributed by atoms with Crippen molar-refractivity contribution in [1.29, 1.82) is 0 Å². The number of carbonyl (C=O) groups excluding carboxylic acids is 1. The first-order chi connectivity index (χ1) is 9.22. The van der Waals surface area contributed by atoms with Gasteiger partial charge in [0.2, 0.25) is 5.91 Å². The summed E-state index contributed by atoms with van der Waals surface area (Å²) in [5.74, 6) is 1.84. The molecule has 3 heterocycles. The fourth-order valence-corrected chi connectivity index (χ4v) is 3.10. The van der Waals surface area contributed by atoms with E-state index in [4.69, 9.17) is 0 Å². The Morgan fingerprint density at radius 3 is 2.89 bits per heavy atom. The topological polar surface area (TPSA) is 52.2 Å². The molecule has 0 aliphatic carbocycles. The minimum Gasteiger partial charge on any atom is -0.346 e. The third-order valence-corrected chi connectivity index (χ3v) is 4.20. The number of hydrogen-bond acceptors (Lipinski definition) is 3. The van der Waals surface area contributed by atoms with Crippen molar-refractivity contribution >= 4 is 5.91 Å². The molecule has 19 heavy (non-hydrogen) atoms. The molecule has 3 rings (SSSR count). The number of aryl methyl sites for hydroxylation is 1. The molecule has 5 nitrogen and oxygen atoms in total. The molecule has 1 aromatic rings. The molecule has 2 saturated heterocycles. The van der Waals surface area contributed by atoms with Gasteiger partial charge in [-0.3, -0.25) is 9.69 Å². The first-order valence-electron chi connectivity index (χ1n) is 7.24. The number of nitrogens with one attached hydrogen (secondary N) is 1. The lowest BCUT2D eigenvalue weighted by Crippen LogP contribution is -2.37. The van der Waals surface area contributed by atoms with Crippen molar-refractivity contribution in [3.63, 3.8) is 0 Å². The molecule has 2 fully saturated rings. The van der Waals surface area contributed by atoms with E-state index in [9.17, 15) is 4.79 Å². The molecule has 0 aromatic carbocycles. The standard InChI is InChI=1S/C14H22N4O/c1-11-8-15-14(16-11)12-4-7-17(9-12)10-13(19)18-5-2-3-6-18/h8,12H,2-7,9-10H2,1H3,(H,15,16)/t12-/m0/s1. The van der Waals surface area contributed by atoms with E-state index < -0.39 is 0 Å². The number of rotatable bonds is 3. The molecule has 1 amide bonds. The quantitative estimate of drug-likeness (QED) is 0.888. The second kappa shape index (κ2) is 5.33. The van der Waals surface area contributed by atoms with E-state index in [-0.39, 0.29) is 0 Å². The molecular formula is C14H22N4O. The fraction of sp³-hybridized carbons (Fsp3) is 0.714. The van der Waals surface area contributed by atoms with Crippen molar-refractivity contribution in [1.82, 2.24) is 19.8 Å². The minimum atomic E-state index is 0.300. The fourth-order valence-electron chi connectivity index (χ4n) is 3.10. The summed E-state index contributed by atoms with van der Waals surface area (Å²) in [7, 11) is 0. The van der Waals surface area contributed by atoms with E-state index >= 15 is 0 Å². The highest BCUT2D eigenvalue weighted by atomic mass is 16.2. The van der Waals surface area contributed by atoms with E-state index in [0.29, 0.717) is 18.4 Å². The summed E-state index contributed by atoms with van der Waals surface area (Å²) in [5, 5.41) is 0. The number of imidazole rings is 1. The zero-order chi connectivity index (χ0) is 13.2. The molecule has 0 bridgehead atoms. The lowest BCUT2D eigenvalue weighted by atomic mass is 10.1. The van der Waals surface area contributed by atoms with Gasteiger partial charge in [-0.1, -0.05) is 0 Å². The maximum absolute atomic E-state index is 12.1. The summed E-state index contributed by atoms with van der Waals surface area (Å²) in [6.07, 6.45) is 5.31. The average molecular weight is 262 g/mol. The lowest BCUT2D eigenvalue weighted by Gasteiger charge is -2.20. The predicted molar refractivity (Wildman–Crippen MR) is 72.9 cm³/mol. The van der Waals surface area contributed by atoms with Gasteiger partial charge in [-0.25, -0.2) is 4.98 Å². The van der Waals surface area contributed by atoms with Crippen molar-refractivity contribution in [2.75, 3.05) is 32.7 Å². The van der Waals surface area contributed by atoms with Gasteiger partial charge in [0.05, 0.1) is 6.54 Å². The average Bonchev–Trinajstić information content (AvgIpc) is 3.07. The van der Waals surface area contributed by atoms with Crippen molar-refractivity contribution < 1.29 is 4.79 Å². The van der Waals surface area contributed by atoms with Crippen LogP contribution in [0.15, 0.2) is 6.20 Å². The van der Waals surface area contributed by atoms with Crippen molar-refractivity contribution in [3.8, 4) is 0 Å². The normalized spacial score (nSPS) is 24.3. The molecule has 1 atom stereocenters. The van der Waals surface area contributed by atoms with Crippen molar-refractivity contribution in [2.24, 2.45) is 0 Å². The first-order valence-corrected chi connectivity index (χ1v) is 7.24. The summed E-state index contributed by atoms with van der Waals surface area (Å²) >= 11 is 0. The van der Waals surface area contributed by atoms with Crippen LogP contribution in [-0.2, 0) is 4.79 Å². The number of aromatic nitrogens is 2. The molecule has 0 spiro atoms. The van der Waals surface area contributed by atoms with Crippen LogP contribution in [0.5, 0.6) is 0 Å². The molecule has 104 valence electrons. The predicted octanol–water partition coefficient (Wildman–Crippen LogP) is 1.13. The van der Waals surface area contributed by atoms with E-state index in [1.807, 2.05) is 18.0 Å². The van der Waals surface area contributed by atoms with Crippen LogP contribution >= 0.6 is 0 Å². The van der Waals surface area contributed by atoms with Gasteiger partial charge in [-0.2, -0.15) is 0 Å². The molecular weight excluding hydrogens is 240 g/mol. The van der Waals surface area contributed by atoms with Crippen molar-refractivity contribution in [3.05, 3.63) is 17.7 Å². The van der Waals surface area contributed by atoms with Crippen LogP contribution in [0.3, 0.4) is 0 Å². The van der Waals surface area contributed by atoms with Crippen LogP contribution < -0.4 is 0 Å². The van der Waals surface area contributed by atoms with Gasteiger partial charge in [0.15, 0.2) is 0 Å². The van der Waals surface area contributed by atoms with Gasteiger partial charge in [0, 0.05) is 37.4 Å². The van der Waals surface area contributed by atoms with Gasteiger partial charge in [0.1, 0.15) is 5.82 Å². The van der Waals surface area contributed by atoms with Crippen LogP contribution in [0.1, 0.15) is 36.7 Å². The van der Waals surface area contributed by atoms with Gasteiger partial charge in [-0.05, 0) is 32.7 Å².